The van der Waals surface area contributed by atoms with Gasteiger partial charge in [-0.1, -0.05) is 36.2 Å². The largest absolute Gasteiger partial charge is 0.465 e. The van der Waals surface area contributed by atoms with Crippen molar-refractivity contribution in [2.75, 3.05) is 32.8 Å². The first-order valence-corrected chi connectivity index (χ1v) is 14.4. The fraction of sp³-hybridized carbons (Fsp3) is 0.679. The second-order valence-electron chi connectivity index (χ2n) is 12.0. The predicted octanol–water partition coefficient (Wildman–Crippen LogP) is 4.78. The summed E-state index contributed by atoms with van der Waals surface area (Å²) in [6.45, 7) is 6.60. The summed E-state index contributed by atoms with van der Waals surface area (Å²) in [6, 6.07) is 5.50. The van der Waals surface area contributed by atoms with Crippen LogP contribution >= 0.6 is 23.2 Å². The highest BCUT2D eigenvalue weighted by molar-refractivity contribution is 6.42. The molecule has 3 amide bonds. The zero-order valence-electron chi connectivity index (χ0n) is 22.1. The first-order valence-electron chi connectivity index (χ1n) is 13.7. The van der Waals surface area contributed by atoms with Gasteiger partial charge in [0.1, 0.15) is 0 Å². The fourth-order valence-electron chi connectivity index (χ4n) is 6.74. The number of piperidine rings is 1. The zero-order chi connectivity index (χ0) is 27.2. The summed E-state index contributed by atoms with van der Waals surface area (Å²) in [5, 5.41) is 13.5. The van der Waals surface area contributed by atoms with Crippen LogP contribution in [0.2, 0.25) is 10.0 Å². The van der Waals surface area contributed by atoms with Gasteiger partial charge in [0.25, 0.3) is 0 Å². The van der Waals surface area contributed by atoms with Gasteiger partial charge >= 0.3 is 6.09 Å². The number of benzene rings is 1. The molecule has 0 bridgehead atoms. The number of amides is 3. The van der Waals surface area contributed by atoms with Crippen molar-refractivity contribution in [3.63, 3.8) is 0 Å². The van der Waals surface area contributed by atoms with Gasteiger partial charge in [0.05, 0.1) is 21.7 Å². The molecule has 38 heavy (non-hydrogen) atoms. The minimum absolute atomic E-state index is 0.0762. The van der Waals surface area contributed by atoms with E-state index in [2.05, 4.69) is 5.32 Å². The Balaban J connectivity index is 1.37. The van der Waals surface area contributed by atoms with Crippen LogP contribution in [0.1, 0.15) is 63.9 Å². The Labute approximate surface area is 234 Å². The Bertz CT molecular complexity index is 1100. The number of ether oxygens (including phenoxy) is 1. The van der Waals surface area contributed by atoms with Crippen molar-refractivity contribution in [2.45, 2.75) is 69.9 Å². The van der Waals surface area contributed by atoms with E-state index in [9.17, 15) is 19.5 Å². The van der Waals surface area contributed by atoms with E-state index >= 15 is 0 Å². The van der Waals surface area contributed by atoms with Crippen LogP contribution < -0.4 is 5.32 Å². The van der Waals surface area contributed by atoms with Gasteiger partial charge in [-0.2, -0.15) is 0 Å². The van der Waals surface area contributed by atoms with Gasteiger partial charge < -0.3 is 25.0 Å². The molecule has 4 aliphatic rings. The summed E-state index contributed by atoms with van der Waals surface area (Å²) in [5.41, 5.74) is -0.172. The Kier molecular flexibility index (Phi) is 7.61. The summed E-state index contributed by atoms with van der Waals surface area (Å²) in [4.78, 5) is 42.4. The molecule has 10 heteroatoms. The predicted molar refractivity (Wildman–Crippen MR) is 144 cm³/mol. The summed E-state index contributed by atoms with van der Waals surface area (Å²) >= 11 is 12.6. The molecule has 3 saturated heterocycles. The monoisotopic (exact) mass is 565 g/mol. The highest BCUT2D eigenvalue weighted by Gasteiger charge is 2.53. The maximum Gasteiger partial charge on any atom is 0.405 e. The highest BCUT2D eigenvalue weighted by Crippen LogP contribution is 2.47. The first-order chi connectivity index (χ1) is 18.0. The molecule has 5 rings (SSSR count). The van der Waals surface area contributed by atoms with Crippen LogP contribution in [0, 0.1) is 17.3 Å². The van der Waals surface area contributed by atoms with Crippen LogP contribution in [-0.4, -0.2) is 77.2 Å². The van der Waals surface area contributed by atoms with Crippen LogP contribution in [-0.2, 0) is 14.3 Å². The van der Waals surface area contributed by atoms with Crippen LogP contribution in [0.25, 0.3) is 0 Å². The Morgan fingerprint density at radius 3 is 2.37 bits per heavy atom. The molecular formula is C28H37Cl2N3O5. The van der Waals surface area contributed by atoms with E-state index in [0.29, 0.717) is 55.7 Å². The van der Waals surface area contributed by atoms with Gasteiger partial charge in [-0.3, -0.25) is 9.59 Å². The zero-order valence-corrected chi connectivity index (χ0v) is 23.6. The maximum absolute atomic E-state index is 13.8. The van der Waals surface area contributed by atoms with Crippen molar-refractivity contribution in [3.05, 3.63) is 33.8 Å². The number of halogens is 2. The van der Waals surface area contributed by atoms with Crippen molar-refractivity contribution < 1.29 is 24.2 Å². The third-order valence-electron chi connectivity index (χ3n) is 9.40. The van der Waals surface area contributed by atoms with E-state index < -0.39 is 11.6 Å². The second-order valence-corrected chi connectivity index (χ2v) is 12.8. The average Bonchev–Trinajstić information content (AvgIpc) is 3.29. The molecule has 4 fully saturated rings. The number of carbonyl (C=O) groups excluding carboxylic acids is 2. The fourth-order valence-corrected chi connectivity index (χ4v) is 7.04. The third kappa shape index (κ3) is 5.24. The lowest BCUT2D eigenvalue weighted by atomic mass is 9.72. The molecule has 1 unspecified atom stereocenters. The number of nitrogens with one attached hydrogen (secondary N) is 1. The van der Waals surface area contributed by atoms with E-state index in [1.807, 2.05) is 35.8 Å². The first kappa shape index (κ1) is 27.5. The lowest BCUT2D eigenvalue weighted by molar-refractivity contribution is -0.142. The summed E-state index contributed by atoms with van der Waals surface area (Å²) in [5.74, 6) is -0.227. The van der Waals surface area contributed by atoms with Gasteiger partial charge in [0.15, 0.2) is 0 Å². The Hall–Kier alpha value is -2.03. The molecule has 208 valence electrons. The van der Waals surface area contributed by atoms with Gasteiger partial charge in [-0.05, 0) is 63.1 Å². The SMILES string of the molecule is CC1(C(=O)N2CCC(C(=O)N3C[C@H](c4ccc(Cl)c(Cl)c4)[C@@H](C(C)(NC(=O)O)[C@@H]4CCCO4)C3)CC2)CC1. The maximum atomic E-state index is 13.8. The van der Waals surface area contributed by atoms with Crippen molar-refractivity contribution in [3.8, 4) is 0 Å². The number of nitrogens with zero attached hydrogens (tertiary/aromatic N) is 2. The van der Waals surface area contributed by atoms with Gasteiger partial charge in [0, 0.05) is 56.0 Å². The molecule has 0 spiro atoms. The molecule has 0 aromatic heterocycles. The van der Waals surface area contributed by atoms with E-state index in [1.54, 1.807) is 6.07 Å². The molecule has 1 aliphatic carbocycles. The van der Waals surface area contributed by atoms with Gasteiger partial charge in [-0.15, -0.1) is 0 Å². The topological polar surface area (TPSA) is 99.2 Å². The molecule has 0 radical (unpaired) electrons. The molecule has 1 aromatic carbocycles. The van der Waals surface area contributed by atoms with Crippen molar-refractivity contribution >= 4 is 41.1 Å². The Morgan fingerprint density at radius 2 is 1.79 bits per heavy atom. The molecule has 4 atom stereocenters. The number of likely N-dealkylation sites (tertiary alicyclic amines) is 2. The summed E-state index contributed by atoms with van der Waals surface area (Å²) in [6.07, 6.45) is 3.41. The summed E-state index contributed by atoms with van der Waals surface area (Å²) < 4.78 is 6.02. The van der Waals surface area contributed by atoms with Crippen LogP contribution in [0.15, 0.2) is 18.2 Å². The van der Waals surface area contributed by atoms with E-state index in [-0.39, 0.29) is 41.1 Å². The van der Waals surface area contributed by atoms with E-state index in [4.69, 9.17) is 27.9 Å². The summed E-state index contributed by atoms with van der Waals surface area (Å²) in [7, 11) is 0. The molecule has 1 saturated carbocycles. The molecule has 3 heterocycles. The number of carboxylic acid groups (broad SMARTS) is 1. The van der Waals surface area contributed by atoms with Crippen molar-refractivity contribution in [2.24, 2.45) is 17.3 Å². The third-order valence-corrected chi connectivity index (χ3v) is 10.1. The Morgan fingerprint density at radius 1 is 1.08 bits per heavy atom. The van der Waals surface area contributed by atoms with Crippen LogP contribution in [0.4, 0.5) is 4.79 Å². The second kappa shape index (κ2) is 10.5. The lowest BCUT2D eigenvalue weighted by Crippen LogP contribution is -2.60. The quantitative estimate of drug-likeness (QED) is 0.517. The van der Waals surface area contributed by atoms with E-state index in [0.717, 1.165) is 31.2 Å². The number of hydrogen-bond acceptors (Lipinski definition) is 4. The van der Waals surface area contributed by atoms with Crippen LogP contribution in [0.5, 0.6) is 0 Å². The normalized spacial score (nSPS) is 28.7. The number of hydrogen-bond donors (Lipinski definition) is 2. The van der Waals surface area contributed by atoms with Gasteiger partial charge in [-0.25, -0.2) is 4.79 Å². The number of carbonyl (C=O) groups is 3. The number of rotatable bonds is 6. The lowest BCUT2D eigenvalue weighted by Gasteiger charge is -2.42. The molecular weight excluding hydrogens is 529 g/mol. The molecule has 8 nitrogen and oxygen atoms in total. The van der Waals surface area contributed by atoms with Crippen molar-refractivity contribution in [1.29, 1.82) is 0 Å². The minimum Gasteiger partial charge on any atom is -0.465 e. The molecule has 3 aliphatic heterocycles. The molecule has 1 aromatic rings. The standard InChI is InChI=1S/C28H37Cl2N3O5/c1-27(9-10-27)25(35)32-11-7-17(8-12-32)24(34)33-15-19(18-5-6-21(29)22(30)14-18)20(16-33)28(2,31-26(36)37)23-4-3-13-38-23/h5-6,14,17,19-20,23,31H,3-4,7-13,15-16H2,1-2H3,(H,36,37)/t19-,20+,23+,28?/m1/s1. The van der Waals surface area contributed by atoms with Crippen LogP contribution in [0.3, 0.4) is 0 Å². The molecule has 2 N–H and O–H groups in total. The van der Waals surface area contributed by atoms with Gasteiger partial charge in [0.2, 0.25) is 11.8 Å². The smallest absolute Gasteiger partial charge is 0.405 e. The highest BCUT2D eigenvalue weighted by atomic mass is 35.5. The van der Waals surface area contributed by atoms with Crippen molar-refractivity contribution in [1.82, 2.24) is 15.1 Å². The minimum atomic E-state index is -1.11. The average molecular weight is 567 g/mol. The van der Waals surface area contributed by atoms with E-state index in [1.165, 1.54) is 0 Å².